The molecule has 0 aromatic heterocycles. The van der Waals surface area contributed by atoms with Crippen molar-refractivity contribution in [3.05, 3.63) is 29.1 Å². The highest BCUT2D eigenvalue weighted by molar-refractivity contribution is 7.92. The largest absolute Gasteiger partial charge is 0.243 e. The van der Waals surface area contributed by atoms with E-state index in [1.165, 1.54) is 19.1 Å². The third-order valence-corrected chi connectivity index (χ3v) is 7.37. The van der Waals surface area contributed by atoms with Crippen LogP contribution < -0.4 is 0 Å². The van der Waals surface area contributed by atoms with Crippen LogP contribution in [0.2, 0.25) is 0 Å². The van der Waals surface area contributed by atoms with E-state index in [4.69, 9.17) is 11.6 Å². The minimum absolute atomic E-state index is 0.00585. The van der Waals surface area contributed by atoms with Gasteiger partial charge in [-0.3, -0.25) is 0 Å². The molecule has 0 unspecified atom stereocenters. The van der Waals surface area contributed by atoms with Crippen molar-refractivity contribution in [1.29, 1.82) is 0 Å². The molecule has 0 N–H and O–H groups in total. The zero-order valence-corrected chi connectivity index (χ0v) is 13.7. The van der Waals surface area contributed by atoms with Gasteiger partial charge < -0.3 is 0 Å². The molecule has 0 radical (unpaired) electrons. The van der Waals surface area contributed by atoms with Crippen LogP contribution in [0.4, 0.5) is 4.39 Å². The summed E-state index contributed by atoms with van der Waals surface area (Å²) in [6.45, 7) is 1.15. The second-order valence-corrected chi connectivity index (χ2v) is 9.37. The molecular weight excluding hydrogens is 341 g/mol. The molecule has 1 aromatic carbocycles. The molecule has 0 spiro atoms. The van der Waals surface area contributed by atoms with Crippen LogP contribution >= 0.6 is 11.6 Å². The van der Waals surface area contributed by atoms with E-state index in [0.29, 0.717) is 5.56 Å². The fourth-order valence-corrected chi connectivity index (χ4v) is 5.44. The summed E-state index contributed by atoms with van der Waals surface area (Å²) in [4.78, 5) is -0.155. The Labute approximate surface area is 128 Å². The molecular formula is C12H15ClFNO4S2. The van der Waals surface area contributed by atoms with Crippen LogP contribution in [0.15, 0.2) is 17.0 Å². The SMILES string of the molecule is Cc1c(F)cc(CCl)cc1S(=O)(=O)N1CCS(=O)(=O)CC1. The number of sulfone groups is 1. The Balaban J connectivity index is 2.43. The van der Waals surface area contributed by atoms with Gasteiger partial charge in [0.15, 0.2) is 9.84 Å². The number of nitrogens with zero attached hydrogens (tertiary/aromatic N) is 1. The van der Waals surface area contributed by atoms with Gasteiger partial charge in [0.05, 0.1) is 16.4 Å². The van der Waals surface area contributed by atoms with Crippen LogP contribution in [0.3, 0.4) is 0 Å². The summed E-state index contributed by atoms with van der Waals surface area (Å²) in [6.07, 6.45) is 0. The van der Waals surface area contributed by atoms with Crippen molar-refractivity contribution in [3.8, 4) is 0 Å². The predicted octanol–water partition coefficient (Wildman–Crippen LogP) is 1.29. The lowest BCUT2D eigenvalue weighted by atomic mass is 10.1. The molecule has 1 aliphatic rings. The summed E-state index contributed by atoms with van der Waals surface area (Å²) in [5.41, 5.74) is 0.375. The Morgan fingerprint density at radius 3 is 2.38 bits per heavy atom. The molecule has 5 nitrogen and oxygen atoms in total. The van der Waals surface area contributed by atoms with E-state index in [1.807, 2.05) is 0 Å². The molecule has 0 bridgehead atoms. The first-order valence-corrected chi connectivity index (χ1v) is 10.0. The van der Waals surface area contributed by atoms with E-state index in [0.717, 1.165) is 4.31 Å². The number of alkyl halides is 1. The van der Waals surface area contributed by atoms with E-state index in [2.05, 4.69) is 0 Å². The summed E-state index contributed by atoms with van der Waals surface area (Å²) >= 11 is 5.64. The summed E-state index contributed by atoms with van der Waals surface area (Å²) in [6, 6.07) is 2.53. The monoisotopic (exact) mass is 355 g/mol. The van der Waals surface area contributed by atoms with Crippen LogP contribution in [-0.4, -0.2) is 45.7 Å². The minimum Gasteiger partial charge on any atom is -0.229 e. The lowest BCUT2D eigenvalue weighted by Gasteiger charge is -2.26. The maximum atomic E-state index is 13.8. The number of hydrogen-bond acceptors (Lipinski definition) is 4. The van der Waals surface area contributed by atoms with E-state index in [-0.39, 0.29) is 40.9 Å². The molecule has 0 aliphatic carbocycles. The lowest BCUT2D eigenvalue weighted by Crippen LogP contribution is -2.43. The topological polar surface area (TPSA) is 71.5 Å². The highest BCUT2D eigenvalue weighted by Gasteiger charge is 2.32. The zero-order valence-electron chi connectivity index (χ0n) is 11.3. The van der Waals surface area contributed by atoms with Crippen molar-refractivity contribution in [2.45, 2.75) is 17.7 Å². The van der Waals surface area contributed by atoms with Gasteiger partial charge in [-0.05, 0) is 24.6 Å². The summed E-state index contributed by atoms with van der Waals surface area (Å²) < 4.78 is 62.8. The minimum atomic E-state index is -3.93. The third-order valence-electron chi connectivity index (χ3n) is 3.43. The lowest BCUT2D eigenvalue weighted by molar-refractivity contribution is 0.429. The smallest absolute Gasteiger partial charge is 0.229 e. The second kappa shape index (κ2) is 5.83. The van der Waals surface area contributed by atoms with Crippen molar-refractivity contribution in [1.82, 2.24) is 4.31 Å². The van der Waals surface area contributed by atoms with Gasteiger partial charge in [-0.1, -0.05) is 0 Å². The van der Waals surface area contributed by atoms with Crippen molar-refractivity contribution >= 4 is 31.5 Å². The van der Waals surface area contributed by atoms with E-state index >= 15 is 0 Å². The average Bonchev–Trinajstić information content (AvgIpc) is 2.41. The maximum Gasteiger partial charge on any atom is 0.243 e. The Morgan fingerprint density at radius 1 is 1.29 bits per heavy atom. The highest BCUT2D eigenvalue weighted by Crippen LogP contribution is 2.25. The molecule has 1 fully saturated rings. The molecule has 0 saturated carbocycles. The van der Waals surface area contributed by atoms with Crippen molar-refractivity contribution < 1.29 is 21.2 Å². The molecule has 2 rings (SSSR count). The summed E-state index contributed by atoms with van der Waals surface area (Å²) in [7, 11) is -7.12. The van der Waals surface area contributed by atoms with Crippen LogP contribution in [0, 0.1) is 12.7 Å². The van der Waals surface area contributed by atoms with Crippen molar-refractivity contribution in [2.24, 2.45) is 0 Å². The van der Waals surface area contributed by atoms with Crippen LogP contribution in [0.5, 0.6) is 0 Å². The number of halogens is 2. The molecule has 118 valence electrons. The molecule has 1 aromatic rings. The van der Waals surface area contributed by atoms with Gasteiger partial charge in [-0.2, -0.15) is 4.31 Å². The number of sulfonamides is 1. The summed E-state index contributed by atoms with van der Waals surface area (Å²) in [5, 5.41) is 0. The molecule has 9 heteroatoms. The molecule has 21 heavy (non-hydrogen) atoms. The first-order chi connectivity index (χ1) is 9.67. The maximum absolute atomic E-state index is 13.8. The zero-order chi connectivity index (χ0) is 15.8. The van der Waals surface area contributed by atoms with Gasteiger partial charge in [-0.25, -0.2) is 21.2 Å². The Hall–Kier alpha value is -0.700. The fraction of sp³-hybridized carbons (Fsp3) is 0.500. The highest BCUT2D eigenvalue weighted by atomic mass is 35.5. The Kier molecular flexibility index (Phi) is 4.63. The first-order valence-electron chi connectivity index (χ1n) is 6.23. The van der Waals surface area contributed by atoms with Gasteiger partial charge in [0.25, 0.3) is 0 Å². The normalized spacial score (nSPS) is 19.6. The van der Waals surface area contributed by atoms with Gasteiger partial charge >= 0.3 is 0 Å². The Bertz CT molecular complexity index is 748. The molecule has 1 saturated heterocycles. The number of benzene rings is 1. The second-order valence-electron chi connectivity index (χ2n) is 4.89. The van der Waals surface area contributed by atoms with Crippen LogP contribution in [0.25, 0.3) is 0 Å². The Morgan fingerprint density at radius 2 is 1.86 bits per heavy atom. The standard InChI is InChI=1S/C12H15ClFNO4S2/c1-9-11(14)6-10(8-13)7-12(9)21(18,19)15-2-4-20(16,17)5-3-15/h6-7H,2-5,8H2,1H3. The van der Waals surface area contributed by atoms with Gasteiger partial charge in [-0.15, -0.1) is 11.6 Å². The van der Waals surface area contributed by atoms with Gasteiger partial charge in [0, 0.05) is 24.5 Å². The van der Waals surface area contributed by atoms with Crippen molar-refractivity contribution in [2.75, 3.05) is 24.6 Å². The molecule has 1 aliphatic heterocycles. The number of rotatable bonds is 3. The first kappa shape index (κ1) is 16.7. The van der Waals surface area contributed by atoms with Gasteiger partial charge in [0.1, 0.15) is 5.82 Å². The molecule has 0 atom stereocenters. The van der Waals surface area contributed by atoms with Crippen LogP contribution in [0.1, 0.15) is 11.1 Å². The summed E-state index contributed by atoms with van der Waals surface area (Å²) in [5.74, 6) is -1.09. The number of hydrogen-bond donors (Lipinski definition) is 0. The molecule has 0 amide bonds. The van der Waals surface area contributed by atoms with E-state index in [1.54, 1.807) is 0 Å². The quantitative estimate of drug-likeness (QED) is 0.766. The van der Waals surface area contributed by atoms with Crippen LogP contribution in [-0.2, 0) is 25.7 Å². The predicted molar refractivity (Wildman–Crippen MR) is 78.1 cm³/mol. The van der Waals surface area contributed by atoms with Gasteiger partial charge in [0.2, 0.25) is 10.0 Å². The average molecular weight is 356 g/mol. The van der Waals surface area contributed by atoms with Crippen molar-refractivity contribution in [3.63, 3.8) is 0 Å². The van der Waals surface area contributed by atoms with E-state index in [9.17, 15) is 21.2 Å². The fourth-order valence-electron chi connectivity index (χ4n) is 2.13. The van der Waals surface area contributed by atoms with E-state index < -0.39 is 25.7 Å². The third kappa shape index (κ3) is 3.39. The molecule has 1 heterocycles.